The fraction of sp³-hybridized carbons (Fsp3) is 0.591. The van der Waals surface area contributed by atoms with Crippen molar-refractivity contribution >= 4 is 5.91 Å². The van der Waals surface area contributed by atoms with Crippen molar-refractivity contribution in [2.24, 2.45) is 17.8 Å². The van der Waals surface area contributed by atoms with Crippen molar-refractivity contribution in [2.75, 3.05) is 0 Å². The molecule has 0 saturated carbocycles. The molecule has 3 heteroatoms. The molecule has 5 unspecified atom stereocenters. The molecule has 1 saturated heterocycles. The van der Waals surface area contributed by atoms with Gasteiger partial charge in [0.15, 0.2) is 0 Å². The Kier molecular flexibility index (Phi) is 5.82. The van der Waals surface area contributed by atoms with Crippen LogP contribution in [0.1, 0.15) is 52.9 Å². The van der Waals surface area contributed by atoms with E-state index in [1.54, 1.807) is 6.92 Å². The number of amides is 1. The first-order chi connectivity index (χ1) is 12.1. The predicted octanol–water partition coefficient (Wildman–Crippen LogP) is 4.25. The second-order valence-electron chi connectivity index (χ2n) is 7.76. The number of nitrogens with one attached hydrogen (secondary N) is 2. The summed E-state index contributed by atoms with van der Waals surface area (Å²) in [6, 6.07) is 0.643. The highest BCUT2D eigenvalue weighted by Gasteiger charge is 2.39. The minimum atomic E-state index is 0.0506. The summed E-state index contributed by atoms with van der Waals surface area (Å²) in [6.07, 6.45) is 19.4. The van der Waals surface area contributed by atoms with Crippen molar-refractivity contribution < 1.29 is 4.79 Å². The van der Waals surface area contributed by atoms with Gasteiger partial charge in [0, 0.05) is 24.6 Å². The molecule has 0 radical (unpaired) electrons. The Morgan fingerprint density at radius 2 is 2.16 bits per heavy atom. The molecule has 2 N–H and O–H groups in total. The van der Waals surface area contributed by atoms with E-state index in [0.717, 1.165) is 12.8 Å². The van der Waals surface area contributed by atoms with Crippen LogP contribution in [0.4, 0.5) is 0 Å². The second kappa shape index (κ2) is 8.07. The maximum Gasteiger partial charge on any atom is 0.217 e. The predicted molar refractivity (Wildman–Crippen MR) is 104 cm³/mol. The van der Waals surface area contributed by atoms with Crippen LogP contribution in [-0.2, 0) is 4.79 Å². The number of carbonyl (C=O) groups is 1. The SMILES string of the molecule is CCCCC1C(C)C2=CC(NC(C)=O)CC=C2NC1C1C=CC=CC1. The average Bonchev–Trinajstić information content (AvgIpc) is 2.61. The number of unbranched alkanes of at least 4 members (excludes halogenated alkanes) is 1. The summed E-state index contributed by atoms with van der Waals surface area (Å²) in [5.41, 5.74) is 2.70. The molecule has 1 amide bonds. The standard InChI is InChI=1S/C22H32N2O/c1-4-5-11-19-15(2)20-14-18(23-16(3)25)12-13-21(20)24-22(19)17-9-7-6-8-10-17/h6-9,13-15,17-19,22,24H,4-5,10-12H2,1-3H3,(H,23,25). The van der Waals surface area contributed by atoms with Crippen LogP contribution in [0.2, 0.25) is 0 Å². The molecule has 1 aliphatic heterocycles. The highest BCUT2D eigenvalue weighted by atomic mass is 16.1. The van der Waals surface area contributed by atoms with Gasteiger partial charge in [0.05, 0.1) is 6.04 Å². The lowest BCUT2D eigenvalue weighted by Crippen LogP contribution is -2.50. The van der Waals surface area contributed by atoms with Gasteiger partial charge in [0.2, 0.25) is 5.91 Å². The van der Waals surface area contributed by atoms with Crippen molar-refractivity contribution in [2.45, 2.75) is 65.0 Å². The minimum absolute atomic E-state index is 0.0506. The van der Waals surface area contributed by atoms with Crippen LogP contribution in [0.3, 0.4) is 0 Å². The monoisotopic (exact) mass is 340 g/mol. The van der Waals surface area contributed by atoms with Gasteiger partial charge in [-0.05, 0) is 36.7 Å². The summed E-state index contributed by atoms with van der Waals surface area (Å²) in [5.74, 6) is 1.79. The molecule has 0 aromatic rings. The lowest BCUT2D eigenvalue weighted by Gasteiger charge is -2.46. The lowest BCUT2D eigenvalue weighted by molar-refractivity contribution is -0.119. The van der Waals surface area contributed by atoms with E-state index in [-0.39, 0.29) is 11.9 Å². The summed E-state index contributed by atoms with van der Waals surface area (Å²) in [4.78, 5) is 11.4. The highest BCUT2D eigenvalue weighted by molar-refractivity contribution is 5.73. The van der Waals surface area contributed by atoms with Crippen LogP contribution in [0.25, 0.3) is 0 Å². The first kappa shape index (κ1) is 18.0. The third-order valence-electron chi connectivity index (χ3n) is 5.94. The van der Waals surface area contributed by atoms with Gasteiger partial charge < -0.3 is 10.6 Å². The van der Waals surface area contributed by atoms with E-state index in [2.05, 4.69) is 60.9 Å². The van der Waals surface area contributed by atoms with E-state index in [0.29, 0.717) is 23.8 Å². The summed E-state index contributed by atoms with van der Waals surface area (Å²) in [7, 11) is 0. The number of rotatable bonds is 5. The maximum atomic E-state index is 11.4. The summed E-state index contributed by atoms with van der Waals surface area (Å²) < 4.78 is 0. The zero-order valence-corrected chi connectivity index (χ0v) is 15.8. The Bertz CT molecular complexity index is 614. The zero-order valence-electron chi connectivity index (χ0n) is 15.8. The Balaban J connectivity index is 1.83. The topological polar surface area (TPSA) is 41.1 Å². The molecule has 5 atom stereocenters. The quantitative estimate of drug-likeness (QED) is 0.785. The van der Waals surface area contributed by atoms with E-state index < -0.39 is 0 Å². The molecule has 1 heterocycles. The molecule has 0 bridgehead atoms. The molecule has 3 aliphatic rings. The largest absolute Gasteiger partial charge is 0.381 e. The van der Waals surface area contributed by atoms with Crippen LogP contribution >= 0.6 is 0 Å². The highest BCUT2D eigenvalue weighted by Crippen LogP contribution is 2.41. The van der Waals surface area contributed by atoms with E-state index in [4.69, 9.17) is 0 Å². The summed E-state index contributed by atoms with van der Waals surface area (Å²) >= 11 is 0. The van der Waals surface area contributed by atoms with Gasteiger partial charge in [-0.15, -0.1) is 0 Å². The Morgan fingerprint density at radius 1 is 1.32 bits per heavy atom. The van der Waals surface area contributed by atoms with Gasteiger partial charge >= 0.3 is 0 Å². The van der Waals surface area contributed by atoms with Crippen LogP contribution in [-0.4, -0.2) is 18.0 Å². The Morgan fingerprint density at radius 3 is 2.84 bits per heavy atom. The fourth-order valence-corrected chi connectivity index (χ4v) is 4.63. The van der Waals surface area contributed by atoms with Crippen LogP contribution < -0.4 is 10.6 Å². The Labute approximate surface area is 152 Å². The molecule has 3 rings (SSSR count). The van der Waals surface area contributed by atoms with Gasteiger partial charge in [-0.25, -0.2) is 0 Å². The van der Waals surface area contributed by atoms with Crippen LogP contribution in [0.5, 0.6) is 0 Å². The molecule has 3 nitrogen and oxygen atoms in total. The number of allylic oxidation sites excluding steroid dienone is 4. The van der Waals surface area contributed by atoms with Crippen molar-refractivity contribution in [3.63, 3.8) is 0 Å². The maximum absolute atomic E-state index is 11.4. The molecule has 0 aromatic carbocycles. The first-order valence-electron chi connectivity index (χ1n) is 9.89. The van der Waals surface area contributed by atoms with Crippen molar-refractivity contribution in [3.05, 3.63) is 47.7 Å². The normalized spacial score (nSPS) is 33.8. The lowest BCUT2D eigenvalue weighted by atomic mass is 9.69. The van der Waals surface area contributed by atoms with E-state index in [9.17, 15) is 4.79 Å². The molecule has 0 spiro atoms. The molecular weight excluding hydrogens is 308 g/mol. The van der Waals surface area contributed by atoms with Crippen molar-refractivity contribution in [1.29, 1.82) is 0 Å². The molecular formula is C22H32N2O. The fourth-order valence-electron chi connectivity index (χ4n) is 4.63. The molecule has 2 aliphatic carbocycles. The molecule has 136 valence electrons. The van der Waals surface area contributed by atoms with Crippen molar-refractivity contribution in [1.82, 2.24) is 10.6 Å². The second-order valence-corrected chi connectivity index (χ2v) is 7.76. The van der Waals surface area contributed by atoms with Crippen LogP contribution in [0.15, 0.2) is 47.7 Å². The van der Waals surface area contributed by atoms with Gasteiger partial charge in [0.25, 0.3) is 0 Å². The third-order valence-corrected chi connectivity index (χ3v) is 5.94. The number of hydrogen-bond acceptors (Lipinski definition) is 2. The van der Waals surface area contributed by atoms with Crippen molar-refractivity contribution in [3.8, 4) is 0 Å². The number of fused-ring (bicyclic) bond motifs is 1. The van der Waals surface area contributed by atoms with Gasteiger partial charge in [-0.2, -0.15) is 0 Å². The molecule has 0 aromatic heterocycles. The average molecular weight is 341 g/mol. The zero-order chi connectivity index (χ0) is 17.8. The third kappa shape index (κ3) is 4.08. The first-order valence-corrected chi connectivity index (χ1v) is 9.89. The molecule has 1 fully saturated rings. The van der Waals surface area contributed by atoms with Gasteiger partial charge in [0.1, 0.15) is 0 Å². The summed E-state index contributed by atoms with van der Waals surface area (Å²) in [6.45, 7) is 6.26. The van der Waals surface area contributed by atoms with E-state index in [1.807, 2.05) is 0 Å². The van der Waals surface area contributed by atoms with Crippen LogP contribution in [0, 0.1) is 17.8 Å². The minimum Gasteiger partial charge on any atom is -0.381 e. The number of hydrogen-bond donors (Lipinski definition) is 2. The molecule has 25 heavy (non-hydrogen) atoms. The number of piperidine rings is 1. The van der Waals surface area contributed by atoms with Gasteiger partial charge in [-0.1, -0.05) is 63.1 Å². The Hall–Kier alpha value is -1.77. The van der Waals surface area contributed by atoms with E-state index >= 15 is 0 Å². The smallest absolute Gasteiger partial charge is 0.217 e. The summed E-state index contributed by atoms with van der Waals surface area (Å²) in [5, 5.41) is 6.94. The van der Waals surface area contributed by atoms with Gasteiger partial charge in [-0.3, -0.25) is 4.79 Å². The number of carbonyl (C=O) groups excluding carboxylic acids is 1. The van der Waals surface area contributed by atoms with E-state index in [1.165, 1.54) is 30.5 Å².